The molecule has 5 atom stereocenters. The van der Waals surface area contributed by atoms with Gasteiger partial charge >= 0.3 is 6.01 Å². The van der Waals surface area contributed by atoms with Gasteiger partial charge in [-0.15, -0.1) is 0 Å². The molecule has 4 saturated heterocycles. The molecule has 2 saturated carbocycles. The molecule has 0 spiro atoms. The number of hydrogen-bond donors (Lipinski definition) is 2. The lowest BCUT2D eigenvalue weighted by Crippen LogP contribution is -2.51. The van der Waals surface area contributed by atoms with Gasteiger partial charge in [-0.1, -0.05) is 24.6 Å². The van der Waals surface area contributed by atoms with Crippen LogP contribution in [0.15, 0.2) is 36.5 Å². The van der Waals surface area contributed by atoms with Crippen molar-refractivity contribution in [3.8, 4) is 23.0 Å². The molecule has 6 heterocycles. The molecule has 6 fully saturated rings. The van der Waals surface area contributed by atoms with E-state index in [9.17, 15) is 5.11 Å². The smallest absolute Gasteiger partial charge is 0.319 e. The van der Waals surface area contributed by atoms with Gasteiger partial charge in [0.2, 0.25) is 0 Å². The average Bonchev–Trinajstić information content (AvgIpc) is 3.37. The van der Waals surface area contributed by atoms with Gasteiger partial charge in [-0.25, -0.2) is 4.39 Å². The minimum absolute atomic E-state index is 0.0318. The van der Waals surface area contributed by atoms with Crippen molar-refractivity contribution in [1.29, 1.82) is 0 Å². The molecule has 10 rings (SSSR count). The predicted molar refractivity (Wildman–Crippen MR) is 176 cm³/mol. The van der Waals surface area contributed by atoms with E-state index in [0.29, 0.717) is 47.4 Å². The third kappa shape index (κ3) is 4.27. The van der Waals surface area contributed by atoms with Crippen molar-refractivity contribution < 1.29 is 14.2 Å². The zero-order chi connectivity index (χ0) is 30.6. The first-order valence-corrected chi connectivity index (χ1v) is 17.6. The van der Waals surface area contributed by atoms with Gasteiger partial charge in [-0.3, -0.25) is 9.88 Å². The number of aromatic hydroxyl groups is 1. The van der Waals surface area contributed by atoms with Crippen LogP contribution in [0.3, 0.4) is 0 Å². The molecule has 2 aromatic heterocycles. The number of fused-ring (bicyclic) bond motifs is 7. The van der Waals surface area contributed by atoms with E-state index in [1.165, 1.54) is 37.7 Å². The van der Waals surface area contributed by atoms with E-state index < -0.39 is 5.82 Å². The molecule has 2 aliphatic carbocycles. The Bertz CT molecular complexity index is 1870. The third-order valence-corrected chi connectivity index (χ3v) is 12.2. The van der Waals surface area contributed by atoms with Gasteiger partial charge < -0.3 is 20.1 Å². The Balaban J connectivity index is 1.09. The van der Waals surface area contributed by atoms with Crippen molar-refractivity contribution in [3.63, 3.8) is 0 Å². The highest BCUT2D eigenvalue weighted by atomic mass is 19.1. The van der Waals surface area contributed by atoms with E-state index in [2.05, 4.69) is 21.2 Å². The summed E-state index contributed by atoms with van der Waals surface area (Å²) in [6.45, 7) is 3.31. The summed E-state index contributed by atoms with van der Waals surface area (Å²) in [4.78, 5) is 19.6. The number of nitrogens with zero attached hydrogens (tertiary/aromatic N) is 5. The number of nitrogens with one attached hydrogen (secondary N) is 1. The van der Waals surface area contributed by atoms with Crippen LogP contribution in [0.25, 0.3) is 32.9 Å². The topological polar surface area (TPSA) is 86.6 Å². The van der Waals surface area contributed by atoms with E-state index >= 15 is 4.39 Å². The fourth-order valence-electron chi connectivity index (χ4n) is 10.1. The van der Waals surface area contributed by atoms with Gasteiger partial charge in [0.1, 0.15) is 29.4 Å². The first kappa shape index (κ1) is 27.5. The summed E-state index contributed by atoms with van der Waals surface area (Å²) < 4.78 is 23.6. The second-order valence-corrected chi connectivity index (χ2v) is 15.0. The first-order valence-electron chi connectivity index (χ1n) is 17.6. The second-order valence-electron chi connectivity index (χ2n) is 15.0. The Hall–Kier alpha value is -3.56. The number of phenolic OH excluding ortho intramolecular Hbond substituents is 1. The quantitative estimate of drug-likeness (QED) is 0.260. The van der Waals surface area contributed by atoms with Crippen LogP contribution in [0, 0.1) is 11.7 Å². The lowest BCUT2D eigenvalue weighted by molar-refractivity contribution is 0.0832. The van der Waals surface area contributed by atoms with Crippen molar-refractivity contribution in [2.45, 2.75) is 93.8 Å². The Morgan fingerprint density at radius 1 is 1.02 bits per heavy atom. The largest absolute Gasteiger partial charge is 0.508 e. The standard InChI is InChI=1S/C37H41FN6O2/c38-32-33(28-15-26(45)14-22-4-1-6-27(31(22)28)21-8-9-21)39-17-29-34(32)41-36(42-35(29)43-18-24-10-11-25(19-43)40-24)46-20-37-12-3-13-44(37)30-7-2-5-23(30)16-37/h1,4,6,14-15,17,21,23-25,30,40,45H,2-3,5,7-13,16,18-20H2. The summed E-state index contributed by atoms with van der Waals surface area (Å²) in [7, 11) is 0. The Labute approximate surface area is 268 Å². The highest BCUT2D eigenvalue weighted by molar-refractivity contribution is 6.02. The molecule has 2 N–H and O–H groups in total. The molecule has 4 aliphatic heterocycles. The number of ether oxygens (including phenoxy) is 1. The van der Waals surface area contributed by atoms with Crippen LogP contribution in [-0.4, -0.2) is 74.9 Å². The minimum Gasteiger partial charge on any atom is -0.508 e. The molecule has 238 valence electrons. The van der Waals surface area contributed by atoms with Crippen LogP contribution in [-0.2, 0) is 0 Å². The van der Waals surface area contributed by atoms with E-state index in [0.717, 1.165) is 68.4 Å². The molecule has 6 aliphatic rings. The lowest BCUT2D eigenvalue weighted by atomic mass is 9.90. The molecule has 9 heteroatoms. The predicted octanol–water partition coefficient (Wildman–Crippen LogP) is 6.29. The van der Waals surface area contributed by atoms with Crippen molar-refractivity contribution in [1.82, 2.24) is 25.2 Å². The molecule has 2 bridgehead atoms. The average molecular weight is 621 g/mol. The highest BCUT2D eigenvalue weighted by Crippen LogP contribution is 2.51. The number of benzene rings is 2. The van der Waals surface area contributed by atoms with Gasteiger partial charge in [-0.2, -0.15) is 9.97 Å². The summed E-state index contributed by atoms with van der Waals surface area (Å²) in [5.74, 6) is 1.54. The number of hydrogen-bond acceptors (Lipinski definition) is 8. The first-order chi connectivity index (χ1) is 22.5. The monoisotopic (exact) mass is 620 g/mol. The number of piperazine rings is 1. The van der Waals surface area contributed by atoms with Gasteiger partial charge in [0.15, 0.2) is 5.82 Å². The summed E-state index contributed by atoms with van der Waals surface area (Å²) in [6.07, 6.45) is 13.7. The van der Waals surface area contributed by atoms with Crippen molar-refractivity contribution in [3.05, 3.63) is 47.9 Å². The van der Waals surface area contributed by atoms with Crippen molar-refractivity contribution >= 4 is 27.5 Å². The summed E-state index contributed by atoms with van der Waals surface area (Å²) in [5, 5.41) is 16.9. The molecule has 0 radical (unpaired) electrons. The maximum atomic E-state index is 17.0. The molecule has 8 nitrogen and oxygen atoms in total. The van der Waals surface area contributed by atoms with E-state index in [-0.39, 0.29) is 28.5 Å². The SMILES string of the molecule is Oc1cc(-c2ncc3c(N4CC5CCC(C4)N5)nc(OCC45CCCN4C4CCCC4C5)nc3c2F)c2c(C3CC3)cccc2c1. The fourth-order valence-corrected chi connectivity index (χ4v) is 10.1. The molecule has 5 unspecified atom stereocenters. The Morgan fingerprint density at radius 2 is 1.89 bits per heavy atom. The fraction of sp³-hybridized carbons (Fsp3) is 0.541. The normalized spacial score (nSPS) is 30.4. The highest BCUT2D eigenvalue weighted by Gasteiger charge is 2.55. The number of aromatic nitrogens is 3. The van der Waals surface area contributed by atoms with E-state index in [4.69, 9.17) is 19.7 Å². The number of rotatable bonds is 6. The van der Waals surface area contributed by atoms with Crippen LogP contribution in [0.2, 0.25) is 0 Å². The van der Waals surface area contributed by atoms with Gasteiger partial charge in [0.25, 0.3) is 0 Å². The second kappa shape index (κ2) is 10.2. The maximum absolute atomic E-state index is 17.0. The van der Waals surface area contributed by atoms with Crippen LogP contribution in [0.1, 0.15) is 75.7 Å². The molecule has 4 aromatic rings. The van der Waals surface area contributed by atoms with Crippen LogP contribution >= 0.6 is 0 Å². The van der Waals surface area contributed by atoms with Crippen LogP contribution in [0.5, 0.6) is 11.8 Å². The summed E-state index contributed by atoms with van der Waals surface area (Å²) >= 11 is 0. The Kier molecular flexibility index (Phi) is 6.12. The van der Waals surface area contributed by atoms with E-state index in [1.54, 1.807) is 18.3 Å². The number of phenols is 1. The van der Waals surface area contributed by atoms with Crippen LogP contribution in [0.4, 0.5) is 10.2 Å². The lowest BCUT2D eigenvalue weighted by Gasteiger charge is -2.35. The third-order valence-electron chi connectivity index (χ3n) is 12.2. The van der Waals surface area contributed by atoms with Gasteiger partial charge in [-0.05, 0) is 105 Å². The zero-order valence-corrected chi connectivity index (χ0v) is 26.2. The van der Waals surface area contributed by atoms with Gasteiger partial charge in [0.05, 0.1) is 10.9 Å². The minimum atomic E-state index is -0.488. The Morgan fingerprint density at radius 3 is 2.74 bits per heavy atom. The molecule has 46 heavy (non-hydrogen) atoms. The maximum Gasteiger partial charge on any atom is 0.319 e. The van der Waals surface area contributed by atoms with Crippen molar-refractivity contribution in [2.24, 2.45) is 5.92 Å². The zero-order valence-electron chi connectivity index (χ0n) is 26.2. The number of halogens is 1. The molecular weight excluding hydrogens is 579 g/mol. The number of anilines is 1. The van der Waals surface area contributed by atoms with Crippen LogP contribution < -0.4 is 15.0 Å². The van der Waals surface area contributed by atoms with Crippen molar-refractivity contribution in [2.75, 3.05) is 31.1 Å². The molecule has 0 amide bonds. The van der Waals surface area contributed by atoms with Gasteiger partial charge in [0, 0.05) is 43.0 Å². The number of pyridine rings is 1. The molecular formula is C37H41FN6O2. The summed E-state index contributed by atoms with van der Waals surface area (Å²) in [5.41, 5.74) is 2.28. The summed E-state index contributed by atoms with van der Waals surface area (Å²) in [6, 6.07) is 11.3. The van der Waals surface area contributed by atoms with E-state index in [1.807, 2.05) is 12.1 Å². The molecule has 2 aromatic carbocycles.